The van der Waals surface area contributed by atoms with E-state index in [1.165, 1.54) is 0 Å². The largest absolute Gasteiger partial charge is 0.382 e. The van der Waals surface area contributed by atoms with Crippen molar-refractivity contribution in [2.24, 2.45) is 4.99 Å². The van der Waals surface area contributed by atoms with Crippen LogP contribution in [0.15, 0.2) is 41.7 Å². The van der Waals surface area contributed by atoms with Crippen molar-refractivity contribution in [1.82, 2.24) is 5.32 Å². The Morgan fingerprint density at radius 1 is 1.75 bits per heavy atom. The van der Waals surface area contributed by atoms with E-state index in [-0.39, 0.29) is 0 Å². The highest BCUT2D eigenvalue weighted by atomic mass is 15.0. The minimum absolute atomic E-state index is 0.296. The van der Waals surface area contributed by atoms with Crippen LogP contribution in [0.3, 0.4) is 0 Å². The molecule has 1 aliphatic heterocycles. The molecule has 0 radical (unpaired) electrons. The van der Waals surface area contributed by atoms with Gasteiger partial charge in [-0.2, -0.15) is 0 Å². The van der Waals surface area contributed by atoms with E-state index < -0.39 is 0 Å². The Morgan fingerprint density at radius 3 is 3.08 bits per heavy atom. The van der Waals surface area contributed by atoms with Gasteiger partial charge in [0.15, 0.2) is 0 Å². The van der Waals surface area contributed by atoms with E-state index in [0.717, 1.165) is 11.3 Å². The fourth-order valence-corrected chi connectivity index (χ4v) is 0.962. The van der Waals surface area contributed by atoms with Gasteiger partial charge in [-0.3, -0.25) is 4.99 Å². The number of hydrogen-bond donors (Lipinski definition) is 1. The van der Waals surface area contributed by atoms with Crippen LogP contribution in [-0.2, 0) is 0 Å². The molecule has 1 rings (SSSR count). The smallest absolute Gasteiger partial charge is 0.0652 e. The zero-order valence-electron chi connectivity index (χ0n) is 7.54. The highest BCUT2D eigenvalue weighted by Crippen LogP contribution is 2.02. The lowest BCUT2D eigenvalue weighted by Crippen LogP contribution is -2.30. The van der Waals surface area contributed by atoms with E-state index in [1.54, 1.807) is 6.20 Å². The number of aliphatic imine (C=N–C) groups is 1. The first-order valence-electron chi connectivity index (χ1n) is 4.03. The van der Waals surface area contributed by atoms with Gasteiger partial charge in [0.1, 0.15) is 0 Å². The second-order valence-corrected chi connectivity index (χ2v) is 2.85. The van der Waals surface area contributed by atoms with Gasteiger partial charge in [-0.05, 0) is 25.5 Å². The van der Waals surface area contributed by atoms with Crippen molar-refractivity contribution in [3.63, 3.8) is 0 Å². The summed E-state index contributed by atoms with van der Waals surface area (Å²) in [6.45, 7) is 7.78. The summed E-state index contributed by atoms with van der Waals surface area (Å²) in [6.07, 6.45) is 7.48. The predicted octanol–water partition coefficient (Wildman–Crippen LogP) is 2.02. The van der Waals surface area contributed by atoms with Crippen LogP contribution < -0.4 is 5.32 Å². The van der Waals surface area contributed by atoms with Gasteiger partial charge in [0, 0.05) is 12.4 Å². The molecule has 1 N–H and O–H groups in total. The van der Waals surface area contributed by atoms with Gasteiger partial charge in [0.25, 0.3) is 0 Å². The molecule has 2 heteroatoms. The van der Waals surface area contributed by atoms with Gasteiger partial charge in [-0.25, -0.2) is 0 Å². The molecule has 0 aromatic rings. The number of rotatable bonds is 2. The average Bonchev–Trinajstić information content (AvgIpc) is 2.09. The summed E-state index contributed by atoms with van der Waals surface area (Å²) >= 11 is 0. The minimum Gasteiger partial charge on any atom is -0.382 e. The minimum atomic E-state index is 0.296. The second-order valence-electron chi connectivity index (χ2n) is 2.85. The molecule has 2 nitrogen and oxygen atoms in total. The molecule has 12 heavy (non-hydrogen) atoms. The molecule has 1 heterocycles. The van der Waals surface area contributed by atoms with Crippen molar-refractivity contribution in [3.8, 4) is 0 Å². The van der Waals surface area contributed by atoms with E-state index in [9.17, 15) is 0 Å². The molecule has 1 atom stereocenters. The molecule has 0 saturated carbocycles. The van der Waals surface area contributed by atoms with Gasteiger partial charge in [-0.15, -0.1) is 0 Å². The third kappa shape index (κ3) is 2.09. The molecule has 0 aromatic carbocycles. The molecule has 0 spiro atoms. The summed E-state index contributed by atoms with van der Waals surface area (Å²) in [5.74, 6) is 0. The standard InChI is InChI=1S/C10H14N2/c1-4-8(2)7-10-9(3)11-5-6-12-10/h4-7,9,11H,1H2,2-3H3/b8-7-. The summed E-state index contributed by atoms with van der Waals surface area (Å²) in [5.41, 5.74) is 2.19. The Morgan fingerprint density at radius 2 is 2.50 bits per heavy atom. The monoisotopic (exact) mass is 162 g/mol. The Balaban J connectivity index is 2.80. The lowest BCUT2D eigenvalue weighted by molar-refractivity contribution is 0.794. The van der Waals surface area contributed by atoms with E-state index in [1.807, 2.05) is 25.3 Å². The maximum absolute atomic E-state index is 4.25. The van der Waals surface area contributed by atoms with Crippen LogP contribution in [-0.4, -0.2) is 11.8 Å². The highest BCUT2D eigenvalue weighted by molar-refractivity contribution is 6.00. The van der Waals surface area contributed by atoms with Crippen LogP contribution in [0.5, 0.6) is 0 Å². The molecule has 64 valence electrons. The van der Waals surface area contributed by atoms with Gasteiger partial charge in [0.05, 0.1) is 11.8 Å². The first-order valence-corrected chi connectivity index (χ1v) is 4.03. The topological polar surface area (TPSA) is 24.4 Å². The van der Waals surface area contributed by atoms with E-state index in [4.69, 9.17) is 0 Å². The van der Waals surface area contributed by atoms with Crippen LogP contribution in [0, 0.1) is 0 Å². The fraction of sp³-hybridized carbons (Fsp3) is 0.300. The lowest BCUT2D eigenvalue weighted by Gasteiger charge is -2.15. The maximum Gasteiger partial charge on any atom is 0.0652 e. The van der Waals surface area contributed by atoms with E-state index >= 15 is 0 Å². The SMILES string of the molecule is C=C/C(C)=C\C1=NC=CNC1C. The first-order chi connectivity index (χ1) is 5.74. The average molecular weight is 162 g/mol. The van der Waals surface area contributed by atoms with E-state index in [0.29, 0.717) is 6.04 Å². The molecule has 0 saturated heterocycles. The van der Waals surface area contributed by atoms with Gasteiger partial charge in [0.2, 0.25) is 0 Å². The van der Waals surface area contributed by atoms with Gasteiger partial charge in [-0.1, -0.05) is 12.7 Å². The molecule has 0 amide bonds. The number of nitrogens with zero attached hydrogens (tertiary/aromatic N) is 1. The second kappa shape index (κ2) is 3.90. The zero-order valence-corrected chi connectivity index (χ0v) is 7.54. The third-order valence-corrected chi connectivity index (χ3v) is 1.79. The van der Waals surface area contributed by atoms with Crippen molar-refractivity contribution >= 4 is 5.71 Å². The summed E-state index contributed by atoms with van der Waals surface area (Å²) in [5, 5.41) is 3.17. The molecule has 0 aliphatic carbocycles. The van der Waals surface area contributed by atoms with Crippen LogP contribution in [0.25, 0.3) is 0 Å². The molecule has 0 fully saturated rings. The van der Waals surface area contributed by atoms with Crippen LogP contribution in [0.4, 0.5) is 0 Å². The van der Waals surface area contributed by atoms with Crippen molar-refractivity contribution in [3.05, 3.63) is 36.7 Å². The fourth-order valence-electron chi connectivity index (χ4n) is 0.962. The van der Waals surface area contributed by atoms with Gasteiger partial charge < -0.3 is 5.32 Å². The molecule has 0 bridgehead atoms. The Hall–Kier alpha value is -1.31. The lowest BCUT2D eigenvalue weighted by atomic mass is 10.1. The maximum atomic E-state index is 4.25. The quantitative estimate of drug-likeness (QED) is 0.617. The number of nitrogens with one attached hydrogen (secondary N) is 1. The zero-order chi connectivity index (χ0) is 8.97. The summed E-state index contributed by atoms with van der Waals surface area (Å²) in [7, 11) is 0. The van der Waals surface area contributed by atoms with Crippen molar-refractivity contribution < 1.29 is 0 Å². The normalized spacial score (nSPS) is 23.0. The van der Waals surface area contributed by atoms with Crippen LogP contribution in [0.2, 0.25) is 0 Å². The van der Waals surface area contributed by atoms with Crippen molar-refractivity contribution in [2.45, 2.75) is 19.9 Å². The highest BCUT2D eigenvalue weighted by Gasteiger charge is 2.07. The Kier molecular flexibility index (Phi) is 2.86. The molecule has 1 unspecified atom stereocenters. The van der Waals surface area contributed by atoms with Crippen LogP contribution >= 0.6 is 0 Å². The predicted molar refractivity (Wildman–Crippen MR) is 53.1 cm³/mol. The summed E-state index contributed by atoms with van der Waals surface area (Å²) in [6, 6.07) is 0.296. The molecule has 0 aromatic heterocycles. The van der Waals surface area contributed by atoms with Crippen molar-refractivity contribution in [2.75, 3.05) is 0 Å². The Bertz CT molecular complexity index is 259. The molecular weight excluding hydrogens is 148 g/mol. The third-order valence-electron chi connectivity index (χ3n) is 1.79. The number of allylic oxidation sites excluding steroid dienone is 2. The van der Waals surface area contributed by atoms with Crippen molar-refractivity contribution in [1.29, 1.82) is 0 Å². The van der Waals surface area contributed by atoms with E-state index in [2.05, 4.69) is 23.8 Å². The summed E-state index contributed by atoms with van der Waals surface area (Å²) in [4.78, 5) is 4.25. The first kappa shape index (κ1) is 8.78. The van der Waals surface area contributed by atoms with Gasteiger partial charge >= 0.3 is 0 Å². The molecule has 1 aliphatic rings. The number of hydrogen-bond acceptors (Lipinski definition) is 2. The van der Waals surface area contributed by atoms with Crippen LogP contribution in [0.1, 0.15) is 13.8 Å². The Labute approximate surface area is 73.4 Å². The molecular formula is C10H14N2. The summed E-state index contributed by atoms with van der Waals surface area (Å²) < 4.78 is 0.